The zero-order chi connectivity index (χ0) is 15.2. The molecule has 2 aromatic rings. The Balaban J connectivity index is 2.20. The van der Waals surface area contributed by atoms with E-state index in [9.17, 15) is 4.79 Å². The number of carboxylic acids is 1. The van der Waals surface area contributed by atoms with Crippen molar-refractivity contribution in [2.45, 2.75) is 31.3 Å². The van der Waals surface area contributed by atoms with E-state index in [-0.39, 0.29) is 5.75 Å². The van der Waals surface area contributed by atoms with Crippen molar-refractivity contribution in [3.05, 3.63) is 46.6 Å². The summed E-state index contributed by atoms with van der Waals surface area (Å²) in [6.07, 6.45) is 1.90. The van der Waals surface area contributed by atoms with Gasteiger partial charge in [0.15, 0.2) is 0 Å². The SMILES string of the molecule is CCCc1cc(SCC(=O)O)n(Cc2cccc(Cl)c2)n1. The van der Waals surface area contributed by atoms with Gasteiger partial charge in [0.25, 0.3) is 0 Å². The first kappa shape index (κ1) is 15.9. The predicted octanol–water partition coefficient (Wildman–Crippen LogP) is 3.71. The van der Waals surface area contributed by atoms with E-state index >= 15 is 0 Å². The second-order valence-electron chi connectivity index (χ2n) is 4.69. The van der Waals surface area contributed by atoms with E-state index in [1.807, 2.05) is 35.0 Å². The third-order valence-electron chi connectivity index (χ3n) is 2.86. The molecule has 0 bridgehead atoms. The lowest BCUT2D eigenvalue weighted by molar-refractivity contribution is -0.133. The minimum atomic E-state index is -0.826. The fourth-order valence-corrected chi connectivity index (χ4v) is 2.96. The summed E-state index contributed by atoms with van der Waals surface area (Å²) >= 11 is 7.29. The van der Waals surface area contributed by atoms with Gasteiger partial charge in [-0.15, -0.1) is 0 Å². The highest BCUT2D eigenvalue weighted by Gasteiger charge is 2.10. The van der Waals surface area contributed by atoms with Gasteiger partial charge in [-0.25, -0.2) is 0 Å². The summed E-state index contributed by atoms with van der Waals surface area (Å²) in [6, 6.07) is 9.59. The number of hydrogen-bond donors (Lipinski definition) is 1. The number of hydrogen-bond acceptors (Lipinski definition) is 3. The van der Waals surface area contributed by atoms with Crippen molar-refractivity contribution < 1.29 is 9.90 Å². The highest BCUT2D eigenvalue weighted by molar-refractivity contribution is 7.99. The molecule has 6 heteroatoms. The van der Waals surface area contributed by atoms with E-state index in [2.05, 4.69) is 12.0 Å². The third-order valence-corrected chi connectivity index (χ3v) is 4.12. The van der Waals surface area contributed by atoms with Crippen LogP contribution in [0.3, 0.4) is 0 Å². The van der Waals surface area contributed by atoms with Crippen LogP contribution in [0.15, 0.2) is 35.4 Å². The Kier molecular flexibility index (Phi) is 5.70. The molecule has 112 valence electrons. The first-order valence-electron chi connectivity index (χ1n) is 6.74. The maximum Gasteiger partial charge on any atom is 0.313 e. The van der Waals surface area contributed by atoms with Crippen LogP contribution >= 0.6 is 23.4 Å². The van der Waals surface area contributed by atoms with Crippen LogP contribution in [0.1, 0.15) is 24.6 Å². The lowest BCUT2D eigenvalue weighted by Gasteiger charge is -2.06. The number of aromatic nitrogens is 2. The molecule has 4 nitrogen and oxygen atoms in total. The molecular weight excluding hydrogens is 308 g/mol. The van der Waals surface area contributed by atoms with Gasteiger partial charge in [-0.3, -0.25) is 9.48 Å². The predicted molar refractivity (Wildman–Crippen MR) is 85.1 cm³/mol. The van der Waals surface area contributed by atoms with Crippen LogP contribution in [0.25, 0.3) is 0 Å². The highest BCUT2D eigenvalue weighted by Crippen LogP contribution is 2.22. The van der Waals surface area contributed by atoms with Gasteiger partial charge in [0, 0.05) is 5.02 Å². The molecule has 0 spiro atoms. The largest absolute Gasteiger partial charge is 0.481 e. The third kappa shape index (κ3) is 4.79. The highest BCUT2D eigenvalue weighted by atomic mass is 35.5. The van der Waals surface area contributed by atoms with Gasteiger partial charge >= 0.3 is 5.97 Å². The molecule has 0 radical (unpaired) electrons. The van der Waals surface area contributed by atoms with Crippen LogP contribution in [0, 0.1) is 0 Å². The maximum absolute atomic E-state index is 10.8. The summed E-state index contributed by atoms with van der Waals surface area (Å²) < 4.78 is 1.85. The molecule has 0 unspecified atom stereocenters. The molecule has 0 aliphatic carbocycles. The van der Waals surface area contributed by atoms with Crippen LogP contribution < -0.4 is 0 Å². The van der Waals surface area contributed by atoms with Crippen molar-refractivity contribution in [3.8, 4) is 0 Å². The quantitative estimate of drug-likeness (QED) is 0.789. The number of carboxylic acid groups (broad SMARTS) is 1. The van der Waals surface area contributed by atoms with E-state index in [4.69, 9.17) is 16.7 Å². The summed E-state index contributed by atoms with van der Waals surface area (Å²) in [7, 11) is 0. The average molecular weight is 325 g/mol. The molecule has 0 saturated carbocycles. The second-order valence-corrected chi connectivity index (χ2v) is 6.13. The van der Waals surface area contributed by atoms with E-state index in [1.54, 1.807) is 0 Å². The van der Waals surface area contributed by atoms with Crippen molar-refractivity contribution in [1.29, 1.82) is 0 Å². The number of halogens is 1. The molecule has 0 amide bonds. The number of aliphatic carboxylic acids is 1. The van der Waals surface area contributed by atoms with Crippen molar-refractivity contribution in [1.82, 2.24) is 9.78 Å². The summed E-state index contributed by atoms with van der Waals surface area (Å²) in [6.45, 7) is 2.69. The van der Waals surface area contributed by atoms with Crippen LogP contribution in [0.2, 0.25) is 5.02 Å². The van der Waals surface area contributed by atoms with E-state index < -0.39 is 5.97 Å². The first-order chi connectivity index (χ1) is 10.1. The van der Waals surface area contributed by atoms with Crippen LogP contribution in [0.5, 0.6) is 0 Å². The van der Waals surface area contributed by atoms with Gasteiger partial charge in [0.1, 0.15) is 0 Å². The van der Waals surface area contributed by atoms with E-state index in [0.717, 1.165) is 29.1 Å². The summed E-state index contributed by atoms with van der Waals surface area (Å²) in [5, 5.41) is 15.0. The number of carbonyl (C=O) groups is 1. The first-order valence-corrected chi connectivity index (χ1v) is 8.10. The molecule has 1 heterocycles. The standard InChI is InChI=1S/C15H17ClN2O2S/c1-2-4-13-8-14(21-10-15(19)20)18(17-13)9-11-5-3-6-12(16)7-11/h3,5-8H,2,4,9-10H2,1H3,(H,19,20). The Labute approximate surface area is 133 Å². The molecule has 0 aliphatic heterocycles. The molecule has 1 aromatic heterocycles. The molecule has 2 rings (SSSR count). The Morgan fingerprint density at radius 1 is 1.43 bits per heavy atom. The molecule has 0 atom stereocenters. The normalized spacial score (nSPS) is 10.8. The van der Waals surface area contributed by atoms with Crippen molar-refractivity contribution in [2.75, 3.05) is 5.75 Å². The average Bonchev–Trinajstić information content (AvgIpc) is 2.79. The maximum atomic E-state index is 10.8. The van der Waals surface area contributed by atoms with Gasteiger partial charge in [0.05, 0.1) is 23.0 Å². The van der Waals surface area contributed by atoms with Gasteiger partial charge < -0.3 is 5.11 Å². The van der Waals surface area contributed by atoms with Crippen molar-refractivity contribution in [3.63, 3.8) is 0 Å². The smallest absolute Gasteiger partial charge is 0.313 e. The Hall–Kier alpha value is -1.46. The number of thioether (sulfide) groups is 1. The molecule has 1 aromatic carbocycles. The van der Waals surface area contributed by atoms with Gasteiger partial charge in [-0.2, -0.15) is 5.10 Å². The molecule has 1 N–H and O–H groups in total. The molecule has 21 heavy (non-hydrogen) atoms. The molecule has 0 aliphatic rings. The van der Waals surface area contributed by atoms with E-state index in [1.165, 1.54) is 11.8 Å². The minimum absolute atomic E-state index is 0.0345. The number of aryl methyl sites for hydroxylation is 1. The molecular formula is C15H17ClN2O2S. The zero-order valence-electron chi connectivity index (χ0n) is 11.8. The monoisotopic (exact) mass is 324 g/mol. The van der Waals surface area contributed by atoms with Crippen molar-refractivity contribution in [2.24, 2.45) is 0 Å². The van der Waals surface area contributed by atoms with Crippen LogP contribution in [0.4, 0.5) is 0 Å². The lowest BCUT2D eigenvalue weighted by Crippen LogP contribution is -2.05. The lowest BCUT2D eigenvalue weighted by atomic mass is 10.2. The zero-order valence-corrected chi connectivity index (χ0v) is 13.3. The Morgan fingerprint density at radius 3 is 2.90 bits per heavy atom. The van der Waals surface area contributed by atoms with Crippen molar-refractivity contribution >= 4 is 29.3 Å². The molecule has 0 fully saturated rings. The van der Waals surface area contributed by atoms with Crippen LogP contribution in [-0.4, -0.2) is 26.6 Å². The molecule has 0 saturated heterocycles. The number of rotatable bonds is 7. The van der Waals surface area contributed by atoms with Gasteiger partial charge in [0.2, 0.25) is 0 Å². The summed E-state index contributed by atoms with van der Waals surface area (Å²) in [5.41, 5.74) is 2.04. The fourth-order valence-electron chi connectivity index (χ4n) is 2.00. The number of nitrogens with zero attached hydrogens (tertiary/aromatic N) is 2. The van der Waals surface area contributed by atoms with Gasteiger partial charge in [-0.1, -0.05) is 48.8 Å². The minimum Gasteiger partial charge on any atom is -0.481 e. The summed E-state index contributed by atoms with van der Waals surface area (Å²) in [5.74, 6) is -0.792. The van der Waals surface area contributed by atoms with Crippen LogP contribution in [-0.2, 0) is 17.8 Å². The van der Waals surface area contributed by atoms with E-state index in [0.29, 0.717) is 11.6 Å². The number of benzene rings is 1. The summed E-state index contributed by atoms with van der Waals surface area (Å²) in [4.78, 5) is 10.8. The Bertz CT molecular complexity index is 628. The Morgan fingerprint density at radius 2 is 2.24 bits per heavy atom. The fraction of sp³-hybridized carbons (Fsp3) is 0.333. The topological polar surface area (TPSA) is 55.1 Å². The van der Waals surface area contributed by atoms with Gasteiger partial charge in [-0.05, 0) is 30.2 Å². The second kappa shape index (κ2) is 7.52.